The topological polar surface area (TPSA) is 118 Å². The Balaban J connectivity index is 2.53. The van der Waals surface area contributed by atoms with Crippen LogP contribution in [0.5, 0.6) is 0 Å². The molecule has 0 aromatic carbocycles. The zero-order valence-electron chi connectivity index (χ0n) is 9.21. The standard InChI is InChI=1S/C9H12N4O4/c1-6-7(13(16)17)5-11-9(12-6)10-4-2-3-8(14)15/h5H,2-4H2,1H3,(H,14,15)(H,10,11,12). The van der Waals surface area contributed by atoms with Crippen molar-refractivity contribution in [2.75, 3.05) is 11.9 Å². The number of carboxylic acid groups (broad SMARTS) is 1. The number of carbonyl (C=O) groups is 1. The average molecular weight is 240 g/mol. The van der Waals surface area contributed by atoms with Crippen molar-refractivity contribution >= 4 is 17.6 Å². The van der Waals surface area contributed by atoms with Crippen LogP contribution in [0.1, 0.15) is 18.5 Å². The van der Waals surface area contributed by atoms with E-state index in [-0.39, 0.29) is 23.8 Å². The highest BCUT2D eigenvalue weighted by Gasteiger charge is 2.12. The molecule has 17 heavy (non-hydrogen) atoms. The van der Waals surface area contributed by atoms with E-state index < -0.39 is 10.9 Å². The van der Waals surface area contributed by atoms with Crippen molar-refractivity contribution in [2.24, 2.45) is 0 Å². The van der Waals surface area contributed by atoms with Gasteiger partial charge in [-0.05, 0) is 13.3 Å². The summed E-state index contributed by atoms with van der Waals surface area (Å²) >= 11 is 0. The van der Waals surface area contributed by atoms with Gasteiger partial charge in [0.25, 0.3) is 0 Å². The number of nitrogens with zero attached hydrogens (tertiary/aromatic N) is 3. The Bertz CT molecular complexity index is 435. The monoisotopic (exact) mass is 240 g/mol. The molecule has 1 aromatic heterocycles. The molecule has 0 fully saturated rings. The highest BCUT2D eigenvalue weighted by molar-refractivity contribution is 5.66. The summed E-state index contributed by atoms with van der Waals surface area (Å²) in [5.74, 6) is -0.605. The lowest BCUT2D eigenvalue weighted by molar-refractivity contribution is -0.386. The number of aliphatic carboxylic acids is 1. The van der Waals surface area contributed by atoms with Crippen molar-refractivity contribution in [1.82, 2.24) is 9.97 Å². The minimum absolute atomic E-state index is 0.0545. The molecule has 0 saturated heterocycles. The van der Waals surface area contributed by atoms with Crippen LogP contribution in [0.25, 0.3) is 0 Å². The first-order chi connectivity index (χ1) is 8.00. The van der Waals surface area contributed by atoms with Gasteiger partial charge in [0.15, 0.2) is 0 Å². The number of rotatable bonds is 6. The normalized spacial score (nSPS) is 9.94. The van der Waals surface area contributed by atoms with Crippen molar-refractivity contribution in [3.05, 3.63) is 22.0 Å². The van der Waals surface area contributed by atoms with Crippen LogP contribution in [0.4, 0.5) is 11.6 Å². The number of aryl methyl sites for hydroxylation is 1. The Morgan fingerprint density at radius 1 is 1.65 bits per heavy atom. The van der Waals surface area contributed by atoms with E-state index in [1.54, 1.807) is 0 Å². The van der Waals surface area contributed by atoms with Gasteiger partial charge in [0.2, 0.25) is 5.95 Å². The molecule has 1 aromatic rings. The largest absolute Gasteiger partial charge is 0.481 e. The van der Waals surface area contributed by atoms with Gasteiger partial charge in [0.1, 0.15) is 11.9 Å². The van der Waals surface area contributed by atoms with Gasteiger partial charge in [-0.15, -0.1) is 0 Å². The predicted molar refractivity (Wildman–Crippen MR) is 58.8 cm³/mol. The molecule has 0 bridgehead atoms. The Labute approximate surface area is 96.9 Å². The number of hydrogen-bond donors (Lipinski definition) is 2. The molecule has 0 unspecified atom stereocenters. The third-order valence-electron chi connectivity index (χ3n) is 2.00. The van der Waals surface area contributed by atoms with Crippen molar-refractivity contribution < 1.29 is 14.8 Å². The molecule has 0 spiro atoms. The molecular weight excluding hydrogens is 228 g/mol. The summed E-state index contributed by atoms with van der Waals surface area (Å²) < 4.78 is 0. The summed E-state index contributed by atoms with van der Waals surface area (Å²) in [6, 6.07) is 0. The maximum atomic E-state index is 10.5. The second-order valence-electron chi connectivity index (χ2n) is 3.35. The van der Waals surface area contributed by atoms with Gasteiger partial charge in [-0.25, -0.2) is 9.97 Å². The van der Waals surface area contributed by atoms with Crippen LogP contribution in [0, 0.1) is 17.0 Å². The number of anilines is 1. The highest BCUT2D eigenvalue weighted by atomic mass is 16.6. The minimum Gasteiger partial charge on any atom is -0.481 e. The lowest BCUT2D eigenvalue weighted by Crippen LogP contribution is -2.08. The molecule has 2 N–H and O–H groups in total. The highest BCUT2D eigenvalue weighted by Crippen LogP contribution is 2.14. The number of hydrogen-bond acceptors (Lipinski definition) is 6. The molecule has 0 aliphatic carbocycles. The Kier molecular flexibility index (Phi) is 4.32. The molecule has 1 heterocycles. The van der Waals surface area contributed by atoms with E-state index in [9.17, 15) is 14.9 Å². The van der Waals surface area contributed by atoms with Gasteiger partial charge in [-0.2, -0.15) is 0 Å². The summed E-state index contributed by atoms with van der Waals surface area (Å²) in [6.45, 7) is 1.92. The number of nitrogens with one attached hydrogen (secondary N) is 1. The van der Waals surface area contributed by atoms with E-state index in [0.717, 1.165) is 6.20 Å². The fourth-order valence-electron chi connectivity index (χ4n) is 1.16. The Hall–Kier alpha value is -2.25. The lowest BCUT2D eigenvalue weighted by atomic mass is 10.3. The molecular formula is C9H12N4O4. The molecule has 0 atom stereocenters. The molecule has 8 heteroatoms. The van der Waals surface area contributed by atoms with Crippen molar-refractivity contribution in [2.45, 2.75) is 19.8 Å². The van der Waals surface area contributed by atoms with Crippen molar-refractivity contribution in [1.29, 1.82) is 0 Å². The summed E-state index contributed by atoms with van der Waals surface area (Å²) in [7, 11) is 0. The molecule has 0 amide bonds. The van der Waals surface area contributed by atoms with E-state index in [0.29, 0.717) is 13.0 Å². The predicted octanol–water partition coefficient (Wildman–Crippen LogP) is 0.970. The third-order valence-corrected chi connectivity index (χ3v) is 2.00. The van der Waals surface area contributed by atoms with Gasteiger partial charge >= 0.3 is 11.7 Å². The second kappa shape index (κ2) is 5.73. The van der Waals surface area contributed by atoms with Gasteiger partial charge in [-0.1, -0.05) is 0 Å². The van der Waals surface area contributed by atoms with Crippen LogP contribution >= 0.6 is 0 Å². The van der Waals surface area contributed by atoms with Crippen LogP contribution in [-0.2, 0) is 4.79 Å². The maximum Gasteiger partial charge on any atom is 0.308 e. The van der Waals surface area contributed by atoms with Crippen LogP contribution in [0.2, 0.25) is 0 Å². The lowest BCUT2D eigenvalue weighted by Gasteiger charge is -2.04. The Morgan fingerprint density at radius 3 is 2.88 bits per heavy atom. The quantitative estimate of drug-likeness (QED) is 0.432. The maximum absolute atomic E-state index is 10.5. The van der Waals surface area contributed by atoms with E-state index in [1.807, 2.05) is 0 Å². The minimum atomic E-state index is -0.868. The summed E-state index contributed by atoms with van der Waals surface area (Å²) in [5.41, 5.74) is 0.131. The Morgan fingerprint density at radius 2 is 2.35 bits per heavy atom. The first-order valence-corrected chi connectivity index (χ1v) is 4.94. The zero-order chi connectivity index (χ0) is 12.8. The number of nitro groups is 1. The number of carboxylic acids is 1. The molecule has 92 valence electrons. The van der Waals surface area contributed by atoms with E-state index in [4.69, 9.17) is 5.11 Å². The molecule has 8 nitrogen and oxygen atoms in total. The van der Waals surface area contributed by atoms with Gasteiger partial charge in [0.05, 0.1) is 4.92 Å². The van der Waals surface area contributed by atoms with Crippen LogP contribution in [0.15, 0.2) is 6.20 Å². The van der Waals surface area contributed by atoms with E-state index in [2.05, 4.69) is 15.3 Å². The molecule has 0 saturated carbocycles. The smallest absolute Gasteiger partial charge is 0.308 e. The summed E-state index contributed by atoms with van der Waals surface area (Å²) in [4.78, 5) is 27.9. The zero-order valence-corrected chi connectivity index (χ0v) is 9.21. The first-order valence-electron chi connectivity index (χ1n) is 4.94. The van der Waals surface area contributed by atoms with Crippen LogP contribution in [-0.4, -0.2) is 32.5 Å². The molecule has 1 rings (SSSR count). The molecule has 0 radical (unpaired) electrons. The van der Waals surface area contributed by atoms with Crippen LogP contribution in [0.3, 0.4) is 0 Å². The van der Waals surface area contributed by atoms with Gasteiger partial charge in [0, 0.05) is 13.0 Å². The van der Waals surface area contributed by atoms with Crippen molar-refractivity contribution in [3.8, 4) is 0 Å². The fourth-order valence-corrected chi connectivity index (χ4v) is 1.16. The molecule has 0 aliphatic heterocycles. The van der Waals surface area contributed by atoms with E-state index >= 15 is 0 Å². The number of aromatic nitrogens is 2. The van der Waals surface area contributed by atoms with Gasteiger partial charge < -0.3 is 10.4 Å². The van der Waals surface area contributed by atoms with Crippen molar-refractivity contribution in [3.63, 3.8) is 0 Å². The SMILES string of the molecule is Cc1nc(NCCCC(=O)O)ncc1[N+](=O)[O-]. The second-order valence-corrected chi connectivity index (χ2v) is 3.35. The van der Waals surface area contributed by atoms with Gasteiger partial charge in [-0.3, -0.25) is 14.9 Å². The average Bonchev–Trinajstić information content (AvgIpc) is 2.23. The van der Waals surface area contributed by atoms with E-state index in [1.165, 1.54) is 6.92 Å². The summed E-state index contributed by atoms with van der Waals surface area (Å²) in [5, 5.41) is 21.7. The summed E-state index contributed by atoms with van der Waals surface area (Å²) in [6.07, 6.45) is 1.62. The molecule has 0 aliphatic rings. The fraction of sp³-hybridized carbons (Fsp3) is 0.444. The van der Waals surface area contributed by atoms with Crippen LogP contribution < -0.4 is 5.32 Å². The third kappa shape index (κ3) is 4.01. The first kappa shape index (κ1) is 12.8.